The lowest BCUT2D eigenvalue weighted by molar-refractivity contribution is 0.0730. The zero-order valence-electron chi connectivity index (χ0n) is 19.6. The predicted octanol–water partition coefficient (Wildman–Crippen LogP) is 3.97. The molecule has 10 heteroatoms. The van der Waals surface area contributed by atoms with Crippen LogP contribution in [0.3, 0.4) is 0 Å². The number of ketones is 1. The number of carbonyl (C=O) groups is 1. The first-order valence-electron chi connectivity index (χ1n) is 11.3. The second-order valence-electron chi connectivity index (χ2n) is 7.91. The first kappa shape index (κ1) is 24.7. The maximum absolute atomic E-state index is 13.1. The van der Waals surface area contributed by atoms with Crippen LogP contribution in [-0.4, -0.2) is 61.0 Å². The number of nitrogens with zero attached hydrogens (tertiary/aromatic N) is 3. The number of hydrogen-bond donors (Lipinski definition) is 0. The Hall–Kier alpha value is -2.40. The zero-order valence-corrected chi connectivity index (χ0v) is 21.2. The molecule has 0 radical (unpaired) electrons. The van der Waals surface area contributed by atoms with Crippen molar-refractivity contribution in [3.63, 3.8) is 0 Å². The molecule has 3 aromatic rings. The summed E-state index contributed by atoms with van der Waals surface area (Å²) in [4.78, 5) is 16.9. The minimum atomic E-state index is -3.60. The van der Waals surface area contributed by atoms with Gasteiger partial charge in [-0.1, -0.05) is 11.8 Å². The van der Waals surface area contributed by atoms with E-state index in [1.165, 1.54) is 16.1 Å². The van der Waals surface area contributed by atoms with Gasteiger partial charge in [0.15, 0.2) is 10.9 Å². The summed E-state index contributed by atoms with van der Waals surface area (Å²) < 4.78 is 40.7. The molecule has 0 bridgehead atoms. The monoisotopic (exact) mass is 503 g/mol. The van der Waals surface area contributed by atoms with Crippen molar-refractivity contribution in [3.8, 4) is 5.75 Å². The van der Waals surface area contributed by atoms with E-state index in [-0.39, 0.29) is 10.7 Å². The Kier molecular flexibility index (Phi) is 7.61. The number of aromatic nitrogens is 2. The van der Waals surface area contributed by atoms with Crippen LogP contribution in [0.2, 0.25) is 0 Å². The fraction of sp³-hybridized carbons (Fsp3) is 0.417. The number of rotatable bonds is 9. The molecule has 182 valence electrons. The number of thioether (sulfide) groups is 1. The van der Waals surface area contributed by atoms with Gasteiger partial charge in [0.05, 0.1) is 35.7 Å². The minimum Gasteiger partial charge on any atom is -0.494 e. The van der Waals surface area contributed by atoms with E-state index in [9.17, 15) is 13.2 Å². The molecule has 0 aliphatic carbocycles. The van der Waals surface area contributed by atoms with E-state index in [2.05, 4.69) is 4.57 Å². The van der Waals surface area contributed by atoms with Crippen LogP contribution < -0.4 is 4.74 Å². The van der Waals surface area contributed by atoms with Gasteiger partial charge in [0.2, 0.25) is 10.0 Å². The number of ether oxygens (including phenoxy) is 2. The Balaban J connectivity index is 1.64. The summed E-state index contributed by atoms with van der Waals surface area (Å²) in [6.45, 7) is 8.25. The lowest BCUT2D eigenvalue weighted by Gasteiger charge is -2.26. The van der Waals surface area contributed by atoms with E-state index in [1.54, 1.807) is 25.1 Å². The van der Waals surface area contributed by atoms with Crippen LogP contribution in [0.4, 0.5) is 0 Å². The largest absolute Gasteiger partial charge is 0.494 e. The van der Waals surface area contributed by atoms with Crippen molar-refractivity contribution in [2.75, 3.05) is 32.9 Å². The quantitative estimate of drug-likeness (QED) is 0.322. The number of benzene rings is 2. The highest BCUT2D eigenvalue weighted by Crippen LogP contribution is 2.32. The summed E-state index contributed by atoms with van der Waals surface area (Å²) in [6.07, 6.45) is 0. The van der Waals surface area contributed by atoms with E-state index in [1.807, 2.05) is 32.0 Å². The molecule has 8 nitrogen and oxygen atoms in total. The topological polar surface area (TPSA) is 90.7 Å². The molecule has 0 unspecified atom stereocenters. The second-order valence-corrected chi connectivity index (χ2v) is 10.8. The van der Waals surface area contributed by atoms with Crippen LogP contribution in [0.1, 0.15) is 36.7 Å². The molecule has 1 aromatic heterocycles. The summed E-state index contributed by atoms with van der Waals surface area (Å²) in [5, 5.41) is 0.786. The molecule has 1 aliphatic heterocycles. The molecule has 0 spiro atoms. The van der Waals surface area contributed by atoms with Crippen LogP contribution in [-0.2, 0) is 27.1 Å². The normalized spacial score (nSPS) is 15.0. The number of sulfonamides is 1. The van der Waals surface area contributed by atoms with Gasteiger partial charge in [-0.15, -0.1) is 0 Å². The van der Waals surface area contributed by atoms with Gasteiger partial charge in [-0.3, -0.25) is 4.79 Å². The molecule has 1 fully saturated rings. The minimum absolute atomic E-state index is 0.00380. The van der Waals surface area contributed by atoms with Crippen molar-refractivity contribution in [1.82, 2.24) is 13.9 Å². The highest BCUT2D eigenvalue weighted by atomic mass is 32.2. The van der Waals surface area contributed by atoms with Crippen LogP contribution in [0.25, 0.3) is 11.0 Å². The molecular weight excluding hydrogens is 474 g/mol. The summed E-state index contributed by atoms with van der Waals surface area (Å²) in [6, 6.07) is 10.6. The van der Waals surface area contributed by atoms with Crippen LogP contribution >= 0.6 is 11.8 Å². The summed E-state index contributed by atoms with van der Waals surface area (Å²) in [7, 11) is -3.60. The van der Waals surface area contributed by atoms with Gasteiger partial charge >= 0.3 is 0 Å². The molecule has 34 heavy (non-hydrogen) atoms. The summed E-state index contributed by atoms with van der Waals surface area (Å²) >= 11 is 1.54. The number of aryl methyl sites for hydroxylation is 1. The van der Waals surface area contributed by atoms with Crippen LogP contribution in [0, 0.1) is 0 Å². The van der Waals surface area contributed by atoms with Gasteiger partial charge in [0.1, 0.15) is 5.75 Å². The molecule has 1 aliphatic rings. The van der Waals surface area contributed by atoms with E-state index in [0.29, 0.717) is 56.3 Å². The van der Waals surface area contributed by atoms with Gasteiger partial charge in [-0.2, -0.15) is 4.31 Å². The van der Waals surface area contributed by atoms with Crippen molar-refractivity contribution < 1.29 is 22.7 Å². The number of hydrogen-bond acceptors (Lipinski definition) is 7. The van der Waals surface area contributed by atoms with Gasteiger partial charge < -0.3 is 14.0 Å². The average Bonchev–Trinajstić information content (AvgIpc) is 3.20. The number of carbonyl (C=O) groups excluding carboxylic acids is 1. The molecule has 0 saturated carbocycles. The van der Waals surface area contributed by atoms with E-state index in [4.69, 9.17) is 14.5 Å². The lowest BCUT2D eigenvalue weighted by Crippen LogP contribution is -2.40. The van der Waals surface area contributed by atoms with Crippen molar-refractivity contribution in [1.29, 1.82) is 0 Å². The Morgan fingerprint density at radius 3 is 2.59 bits per heavy atom. The lowest BCUT2D eigenvalue weighted by atomic mass is 10.1. The second kappa shape index (κ2) is 10.5. The summed E-state index contributed by atoms with van der Waals surface area (Å²) in [5.74, 6) is 1.32. The fourth-order valence-corrected chi connectivity index (χ4v) is 6.43. The predicted molar refractivity (Wildman–Crippen MR) is 132 cm³/mol. The molecule has 1 saturated heterocycles. The number of morpholine rings is 1. The van der Waals surface area contributed by atoms with Crippen molar-refractivity contribution in [2.24, 2.45) is 0 Å². The highest BCUT2D eigenvalue weighted by molar-refractivity contribution is 7.98. The molecular formula is C24H29N3O5S2. The highest BCUT2D eigenvalue weighted by Gasteiger charge is 2.27. The first-order chi connectivity index (χ1) is 16.3. The fourth-order valence-electron chi connectivity index (χ4n) is 3.95. The number of Topliss-reactive ketones (excluding diaryl/α,β-unsaturated/α-hetero) is 1. The maximum atomic E-state index is 13.1. The third-order valence-corrected chi connectivity index (χ3v) is 8.65. The number of fused-ring (bicyclic) bond motifs is 1. The van der Waals surface area contributed by atoms with Crippen LogP contribution in [0.15, 0.2) is 46.5 Å². The van der Waals surface area contributed by atoms with Crippen molar-refractivity contribution >= 4 is 38.6 Å². The summed E-state index contributed by atoms with van der Waals surface area (Å²) in [5.41, 5.74) is 3.08. The number of imidazole rings is 1. The van der Waals surface area contributed by atoms with Gasteiger partial charge in [0, 0.05) is 36.5 Å². The standard InChI is InChI=1S/C24H29N3O5S2/c1-4-27-22-8-7-20(34(29,30)26-10-12-31-13-11-26)15-21(22)25-24(27)33-16-19-14-18(17(3)28)6-9-23(19)32-5-2/h6-9,14-15H,4-5,10-13,16H2,1-3H3. The molecule has 0 amide bonds. The van der Waals surface area contributed by atoms with E-state index >= 15 is 0 Å². The zero-order chi connectivity index (χ0) is 24.3. The van der Waals surface area contributed by atoms with Crippen molar-refractivity contribution in [2.45, 2.75) is 43.1 Å². The van der Waals surface area contributed by atoms with Crippen LogP contribution in [0.5, 0.6) is 5.75 Å². The van der Waals surface area contributed by atoms with Gasteiger partial charge in [-0.05, 0) is 57.2 Å². The Bertz CT molecular complexity index is 1300. The SMILES string of the molecule is CCOc1ccc(C(C)=O)cc1CSc1nc2cc(S(=O)(=O)N3CCOCC3)ccc2n1CC. The van der Waals surface area contributed by atoms with E-state index in [0.717, 1.165) is 22.0 Å². The molecule has 4 rings (SSSR count). The average molecular weight is 504 g/mol. The van der Waals surface area contributed by atoms with E-state index < -0.39 is 10.0 Å². The Labute approximate surface area is 204 Å². The molecule has 0 atom stereocenters. The first-order valence-corrected chi connectivity index (χ1v) is 13.7. The third-order valence-electron chi connectivity index (χ3n) is 5.73. The maximum Gasteiger partial charge on any atom is 0.243 e. The van der Waals surface area contributed by atoms with Gasteiger partial charge in [-0.25, -0.2) is 13.4 Å². The third kappa shape index (κ3) is 5.00. The smallest absolute Gasteiger partial charge is 0.243 e. The van der Waals surface area contributed by atoms with Gasteiger partial charge in [0.25, 0.3) is 0 Å². The molecule has 0 N–H and O–H groups in total. The molecule has 2 aromatic carbocycles. The van der Waals surface area contributed by atoms with Crippen molar-refractivity contribution in [3.05, 3.63) is 47.5 Å². The Morgan fingerprint density at radius 1 is 1.15 bits per heavy atom. The molecule has 2 heterocycles. The Morgan fingerprint density at radius 2 is 1.91 bits per heavy atom.